The number of aromatic nitrogens is 9. The molecule has 0 aliphatic carbocycles. The van der Waals surface area contributed by atoms with Crippen LogP contribution in [0.25, 0.3) is 54.7 Å². The number of aliphatic imine (C=N–C) groups is 1. The Morgan fingerprint density at radius 3 is 1.55 bits per heavy atom. The van der Waals surface area contributed by atoms with Crippen LogP contribution in [0.5, 0.6) is 0 Å². The van der Waals surface area contributed by atoms with Crippen molar-refractivity contribution in [1.82, 2.24) is 65.0 Å². The Balaban J connectivity index is 0.000000181. The number of aliphatic hydroxyl groups excluding tert-OH is 1. The van der Waals surface area contributed by atoms with E-state index in [0.29, 0.717) is 37.8 Å². The minimum atomic E-state index is -0.526. The molecule has 5 N–H and O–H groups in total. The standard InChI is InChI=1S/C20H23N5O2S.C15H15N5S.C11H20N2O3.C10H9N3OS.C2H6O.ClH/c1-13-16-22-23-17(15-12-28-18(21-15)14-8-6-5-7-9-14)25(16)11-10-24(13)19(26)27-20(2,3)4;1-10-13-18-19-14(20(13)8-7-16-10)12-9-21-15(17-12)11-5-3-2-4-6-11;1-8-9(15-5)12-6-7-13(8)10(14)16-11(2,3)4;11-13-9(14)8-6-15-10(12-8)7-4-2-1-3-5-7;1-2-3;/h5-9,12-13H,10-11H2,1-4H3;2-6,9-10,16H,7-8H2,1H3;8H,6-7H2,1-5H3;1-6H,11H2,(H,13,14);3H,2H2,1H3;1H/t13-;10-;8-;;;/m111.../s1. The van der Waals surface area contributed by atoms with Crippen molar-refractivity contribution >= 4 is 70.4 Å². The van der Waals surface area contributed by atoms with Crippen LogP contribution in [0.2, 0.25) is 0 Å². The first-order valence-electron chi connectivity index (χ1n) is 27.1. The zero-order valence-electron chi connectivity index (χ0n) is 49.0. The Morgan fingerprint density at radius 2 is 1.08 bits per heavy atom. The molecule has 26 heteroatoms. The minimum absolute atomic E-state index is 0. The SMILES string of the molecule is CCO.COC1=NCCN(C(=O)OC(C)(C)C)[C@@H]1C.C[C@@H]1c2nnc(-c3csc(-c4ccccc4)n3)n2CCN1C(=O)OC(C)(C)C.C[C@H]1NCCn2c(-c3csc(-c4ccccc4)n3)nnc21.Cl.NNC(=O)c1csc(-c2ccccc2)n1. The number of nitrogens with zero attached hydrogens (tertiary/aromatic N) is 12. The Kier molecular flexibility index (Phi) is 23.7. The normalized spacial score (nSPS) is 16.1. The molecule has 3 aromatic carbocycles. The van der Waals surface area contributed by atoms with E-state index in [0.717, 1.165) is 79.5 Å². The van der Waals surface area contributed by atoms with Gasteiger partial charge in [-0.15, -0.1) is 66.8 Å². The highest BCUT2D eigenvalue weighted by Gasteiger charge is 2.35. The lowest BCUT2D eigenvalue weighted by Gasteiger charge is -2.34. The van der Waals surface area contributed by atoms with Gasteiger partial charge in [0.1, 0.15) is 55.2 Å². The number of carbonyl (C=O) groups excluding carboxylic acids is 3. The summed E-state index contributed by atoms with van der Waals surface area (Å²) in [6.07, 6.45) is -0.639. The van der Waals surface area contributed by atoms with Gasteiger partial charge in [0, 0.05) is 72.2 Å². The Bertz CT molecular complexity index is 3390. The van der Waals surface area contributed by atoms with Crippen molar-refractivity contribution < 1.29 is 33.7 Å². The van der Waals surface area contributed by atoms with E-state index < -0.39 is 11.2 Å². The molecule has 0 unspecified atom stereocenters. The largest absolute Gasteiger partial charge is 0.483 e. The number of halogens is 1. The van der Waals surface area contributed by atoms with E-state index >= 15 is 0 Å². The summed E-state index contributed by atoms with van der Waals surface area (Å²) in [5.74, 6) is 8.58. The number of rotatable bonds is 6. The molecule has 0 spiro atoms. The molecule has 0 fully saturated rings. The molecule has 8 aromatic rings. The Morgan fingerprint density at radius 1 is 0.643 bits per heavy atom. The summed E-state index contributed by atoms with van der Waals surface area (Å²) < 4.78 is 20.2. The molecule has 3 aliphatic rings. The van der Waals surface area contributed by atoms with Crippen LogP contribution in [0.15, 0.2) is 112 Å². The summed E-state index contributed by atoms with van der Waals surface area (Å²) in [6, 6.07) is 29.9. The molecular formula is C58H74ClN15O7S3. The fraction of sp³-hybridized carbons (Fsp3) is 0.397. The first-order chi connectivity index (χ1) is 39.7. The molecule has 22 nitrogen and oxygen atoms in total. The van der Waals surface area contributed by atoms with Crippen molar-refractivity contribution in [2.75, 3.05) is 39.9 Å². The molecule has 0 saturated carbocycles. The number of benzene rings is 3. The Hall–Kier alpha value is -7.52. The number of hydrogen-bond acceptors (Lipinski definition) is 20. The molecule has 3 amide bonds. The van der Waals surface area contributed by atoms with E-state index in [2.05, 4.69) is 74.7 Å². The number of hydrazine groups is 1. The number of aliphatic hydroxyl groups is 1. The number of thiazole rings is 3. The second-order valence-corrected chi connectivity index (χ2v) is 23.4. The predicted molar refractivity (Wildman–Crippen MR) is 332 cm³/mol. The van der Waals surface area contributed by atoms with Gasteiger partial charge in [0.25, 0.3) is 5.91 Å². The van der Waals surface area contributed by atoms with Gasteiger partial charge in [0.05, 0.1) is 25.7 Å². The average Bonchev–Trinajstić information content (AvgIpc) is 2.62. The number of fused-ring (bicyclic) bond motifs is 2. The van der Waals surface area contributed by atoms with Gasteiger partial charge in [-0.2, -0.15) is 0 Å². The van der Waals surface area contributed by atoms with E-state index in [1.54, 1.807) is 51.9 Å². The van der Waals surface area contributed by atoms with Crippen LogP contribution in [-0.4, -0.2) is 141 Å². The second-order valence-electron chi connectivity index (χ2n) is 20.9. The van der Waals surface area contributed by atoms with Crippen LogP contribution in [0, 0.1) is 0 Å². The van der Waals surface area contributed by atoms with E-state index in [4.69, 9.17) is 35.1 Å². The number of amides is 3. The maximum Gasteiger partial charge on any atom is 0.411 e. The lowest BCUT2D eigenvalue weighted by atomic mass is 10.2. The highest BCUT2D eigenvalue weighted by molar-refractivity contribution is 7.14. The van der Waals surface area contributed by atoms with Crippen LogP contribution < -0.4 is 16.6 Å². The van der Waals surface area contributed by atoms with Crippen LogP contribution >= 0.6 is 46.4 Å². The molecule has 0 radical (unpaired) electrons. The van der Waals surface area contributed by atoms with Crippen LogP contribution in [0.1, 0.15) is 103 Å². The zero-order chi connectivity index (χ0) is 59.8. The van der Waals surface area contributed by atoms with Crippen molar-refractivity contribution in [3.05, 3.63) is 124 Å². The molecule has 8 heterocycles. The fourth-order valence-electron chi connectivity index (χ4n) is 8.55. The van der Waals surface area contributed by atoms with Crippen LogP contribution in [-0.2, 0) is 27.3 Å². The van der Waals surface area contributed by atoms with E-state index in [9.17, 15) is 14.4 Å². The molecule has 5 aromatic heterocycles. The van der Waals surface area contributed by atoms with Crippen LogP contribution in [0.3, 0.4) is 0 Å². The van der Waals surface area contributed by atoms with Gasteiger partial charge in [-0.1, -0.05) is 91.0 Å². The molecule has 84 heavy (non-hydrogen) atoms. The topological polar surface area (TPSA) is 268 Å². The summed E-state index contributed by atoms with van der Waals surface area (Å²) >= 11 is 4.65. The van der Waals surface area contributed by atoms with Crippen molar-refractivity contribution in [2.45, 2.75) is 112 Å². The number of nitrogens with two attached hydrogens (primary N) is 1. The first kappa shape index (κ1) is 65.6. The lowest BCUT2D eigenvalue weighted by Crippen LogP contribution is -2.49. The van der Waals surface area contributed by atoms with Crippen molar-refractivity contribution in [2.24, 2.45) is 10.8 Å². The highest BCUT2D eigenvalue weighted by atomic mass is 35.5. The predicted octanol–water partition coefficient (Wildman–Crippen LogP) is 10.6. The molecule has 11 rings (SSSR count). The lowest BCUT2D eigenvalue weighted by molar-refractivity contribution is 0.0120. The number of nitrogens with one attached hydrogen (secondary N) is 2. The van der Waals surface area contributed by atoms with Crippen LogP contribution in [0.4, 0.5) is 9.59 Å². The summed E-state index contributed by atoms with van der Waals surface area (Å²) in [4.78, 5) is 56.8. The van der Waals surface area contributed by atoms with Gasteiger partial charge in [0.15, 0.2) is 17.5 Å². The van der Waals surface area contributed by atoms with Gasteiger partial charge >= 0.3 is 12.2 Å². The third-order valence-corrected chi connectivity index (χ3v) is 15.1. The van der Waals surface area contributed by atoms with Crippen molar-refractivity contribution in [3.8, 4) is 54.7 Å². The average molecular weight is 1220 g/mol. The van der Waals surface area contributed by atoms with Gasteiger partial charge in [-0.05, 0) is 69.2 Å². The maximum absolute atomic E-state index is 12.5. The quantitative estimate of drug-likeness (QED) is 0.0685. The van der Waals surface area contributed by atoms with Gasteiger partial charge < -0.3 is 33.8 Å². The highest BCUT2D eigenvalue weighted by Crippen LogP contribution is 2.34. The third kappa shape index (κ3) is 17.3. The van der Waals surface area contributed by atoms with Crippen molar-refractivity contribution in [1.29, 1.82) is 0 Å². The number of ether oxygens (including phenoxy) is 3. The first-order valence-corrected chi connectivity index (χ1v) is 29.7. The number of hydrogen-bond donors (Lipinski definition) is 4. The third-order valence-electron chi connectivity index (χ3n) is 12.4. The van der Waals surface area contributed by atoms with Gasteiger partial charge in [0.2, 0.25) is 5.90 Å². The summed E-state index contributed by atoms with van der Waals surface area (Å²) in [5.41, 5.74) is 6.34. The Labute approximate surface area is 508 Å². The summed E-state index contributed by atoms with van der Waals surface area (Å²) in [7, 11) is 1.56. The van der Waals surface area contributed by atoms with E-state index in [-0.39, 0.29) is 55.2 Å². The summed E-state index contributed by atoms with van der Waals surface area (Å²) in [6.45, 7) is 23.1. The number of nitrogen functional groups attached to an aromatic ring is 1. The molecule has 448 valence electrons. The molecular weight excluding hydrogens is 1150 g/mol. The molecule has 3 aliphatic heterocycles. The minimum Gasteiger partial charge on any atom is -0.483 e. The maximum atomic E-state index is 12.5. The van der Waals surface area contributed by atoms with E-state index in [1.165, 1.54) is 11.3 Å². The summed E-state index contributed by atoms with van der Waals surface area (Å²) in [5, 5.41) is 36.9. The number of methoxy groups -OCH3 is 1. The zero-order valence-corrected chi connectivity index (χ0v) is 52.3. The van der Waals surface area contributed by atoms with Crippen molar-refractivity contribution in [3.63, 3.8) is 0 Å². The molecule has 3 atom stereocenters. The van der Waals surface area contributed by atoms with E-state index in [1.807, 2.05) is 140 Å². The second kappa shape index (κ2) is 30.3. The number of carbonyl (C=O) groups is 3. The van der Waals surface area contributed by atoms with Gasteiger partial charge in [-0.25, -0.2) is 30.4 Å². The smallest absolute Gasteiger partial charge is 0.411 e. The monoisotopic (exact) mass is 1220 g/mol. The van der Waals surface area contributed by atoms with Gasteiger partial charge in [-0.3, -0.25) is 25.0 Å². The molecule has 0 bridgehead atoms. The fourth-order valence-corrected chi connectivity index (χ4v) is 11.0. The molecule has 0 saturated heterocycles.